The van der Waals surface area contributed by atoms with E-state index < -0.39 is 23.1 Å². The lowest BCUT2D eigenvalue weighted by Crippen LogP contribution is -2.67. The van der Waals surface area contributed by atoms with E-state index >= 15 is 0 Å². The first-order valence-corrected chi connectivity index (χ1v) is 23.2. The summed E-state index contributed by atoms with van der Waals surface area (Å²) in [6.07, 6.45) is 11.9. The molecule has 8 rings (SSSR count). The molecule has 60 heavy (non-hydrogen) atoms. The van der Waals surface area contributed by atoms with Crippen molar-refractivity contribution in [1.82, 2.24) is 4.90 Å². The number of aliphatic carboxylic acids is 1. The number of aliphatic hydroxyl groups is 3. The number of carbonyl (C=O) groups is 2. The molecule has 5 fully saturated rings. The molecular formula is C51H71ClFNO6. The second kappa shape index (κ2) is 16.2. The highest BCUT2D eigenvalue weighted by molar-refractivity contribution is 6.30. The SMILES string of the molecule is CC1(C)CCC2(C(=O)O)C(O)CC3(C)C(=CCC4C5(C)CCC(O)C(C)(C)C5CCC43C)C2C1.O=C(CCCN1CCC(O)(c2ccc(Cl)cc2)CC1)c1ccc(F)cc1. The second-order valence-electron chi connectivity index (χ2n) is 22.1. The first-order valence-electron chi connectivity index (χ1n) is 22.8. The fraction of sp³-hybridized carbons (Fsp3) is 0.686. The number of likely N-dealkylation sites (tertiary alicyclic amines) is 1. The van der Waals surface area contributed by atoms with Crippen molar-refractivity contribution in [2.45, 2.75) is 150 Å². The number of piperidine rings is 1. The summed E-state index contributed by atoms with van der Waals surface area (Å²) in [5.41, 5.74) is 0.962. The van der Waals surface area contributed by atoms with Crippen LogP contribution >= 0.6 is 11.6 Å². The molecule has 6 aliphatic rings. The Kier molecular flexibility index (Phi) is 12.2. The van der Waals surface area contributed by atoms with E-state index in [0.717, 1.165) is 76.6 Å². The van der Waals surface area contributed by atoms with E-state index in [9.17, 15) is 34.4 Å². The van der Waals surface area contributed by atoms with Crippen LogP contribution in [0.4, 0.5) is 4.39 Å². The molecule has 2 aromatic rings. The number of halogens is 2. The highest BCUT2D eigenvalue weighted by atomic mass is 35.5. The lowest BCUT2D eigenvalue weighted by Gasteiger charge is -2.71. The van der Waals surface area contributed by atoms with E-state index in [1.807, 2.05) is 24.3 Å². The molecule has 0 amide bonds. The molecule has 9 atom stereocenters. The molecule has 0 spiro atoms. The third-order valence-electron chi connectivity index (χ3n) is 18.2. The van der Waals surface area contributed by atoms with Gasteiger partial charge in [-0.05, 0) is 170 Å². The van der Waals surface area contributed by atoms with Crippen molar-refractivity contribution in [1.29, 1.82) is 0 Å². The molecule has 4 saturated carbocycles. The number of fused-ring (bicyclic) bond motifs is 7. The Morgan fingerprint density at radius 2 is 1.45 bits per heavy atom. The molecule has 5 aliphatic carbocycles. The standard InChI is InChI=1S/C30H48O4.C21H23ClFNO2/c1-25(2)14-15-30(24(33)34)19(16-25)18-8-9-21-27(5)12-11-22(31)26(3,4)20(27)10-13-28(21,6)29(18,7)17-23(30)32;22-18-7-5-17(6-8-18)21(26)11-14-24(15-12-21)13-1-2-20(25)16-3-9-19(23)10-4-16/h8,19-23,31-32H,9-17H2,1-7H3,(H,33,34);3-10,26H,1-2,11-15H2. The van der Waals surface area contributed by atoms with E-state index in [4.69, 9.17) is 11.6 Å². The largest absolute Gasteiger partial charge is 0.481 e. The summed E-state index contributed by atoms with van der Waals surface area (Å²) >= 11 is 5.92. The van der Waals surface area contributed by atoms with Crippen LogP contribution in [-0.2, 0) is 10.4 Å². The van der Waals surface area contributed by atoms with Gasteiger partial charge in [-0.1, -0.05) is 83.8 Å². The number of Topliss-reactive ketones (excluding diaryl/α,β-unsaturated/α-hetero) is 1. The highest BCUT2D eigenvalue weighted by Gasteiger charge is 2.71. The Morgan fingerprint density at radius 1 is 0.800 bits per heavy atom. The van der Waals surface area contributed by atoms with Gasteiger partial charge in [-0.15, -0.1) is 0 Å². The van der Waals surface area contributed by atoms with Gasteiger partial charge in [0.25, 0.3) is 0 Å². The minimum absolute atomic E-state index is 0.0218. The Labute approximate surface area is 363 Å². The fourth-order valence-corrected chi connectivity index (χ4v) is 14.3. The lowest BCUT2D eigenvalue weighted by molar-refractivity contribution is -0.218. The number of hydrogen-bond acceptors (Lipinski definition) is 6. The summed E-state index contributed by atoms with van der Waals surface area (Å²) in [5, 5.41) is 44.6. The maximum absolute atomic E-state index is 12.9. The van der Waals surface area contributed by atoms with E-state index in [1.54, 1.807) is 0 Å². The number of rotatable bonds is 7. The molecule has 0 radical (unpaired) electrons. The number of allylic oxidation sites excluding steroid dienone is 2. The van der Waals surface area contributed by atoms with Crippen molar-refractivity contribution in [3.05, 3.63) is 82.1 Å². The van der Waals surface area contributed by atoms with Crippen molar-refractivity contribution >= 4 is 23.4 Å². The smallest absolute Gasteiger partial charge is 0.312 e. The van der Waals surface area contributed by atoms with Crippen molar-refractivity contribution in [2.24, 2.45) is 50.2 Å². The topological polar surface area (TPSA) is 118 Å². The summed E-state index contributed by atoms with van der Waals surface area (Å²) in [5.74, 6) is -0.200. The molecule has 1 aliphatic heterocycles. The van der Waals surface area contributed by atoms with Crippen LogP contribution in [-0.4, -0.2) is 68.9 Å². The number of carboxylic acid groups (broad SMARTS) is 1. The van der Waals surface area contributed by atoms with Crippen LogP contribution in [0.1, 0.15) is 148 Å². The second-order valence-corrected chi connectivity index (χ2v) is 22.5. The van der Waals surface area contributed by atoms with Crippen molar-refractivity contribution in [3.63, 3.8) is 0 Å². The van der Waals surface area contributed by atoms with Gasteiger partial charge in [-0.25, -0.2) is 4.39 Å². The Morgan fingerprint density at radius 3 is 2.08 bits per heavy atom. The summed E-state index contributed by atoms with van der Waals surface area (Å²) < 4.78 is 12.9. The summed E-state index contributed by atoms with van der Waals surface area (Å²) in [4.78, 5) is 27.2. The normalized spacial score (nSPS) is 37.7. The molecule has 1 saturated heterocycles. The van der Waals surface area contributed by atoms with Gasteiger partial charge in [-0.2, -0.15) is 0 Å². The average molecular weight is 849 g/mol. The van der Waals surface area contributed by atoms with E-state index in [0.29, 0.717) is 54.5 Å². The van der Waals surface area contributed by atoms with Crippen LogP contribution in [0.3, 0.4) is 0 Å². The highest BCUT2D eigenvalue weighted by Crippen LogP contribution is 2.75. The zero-order chi connectivity index (χ0) is 43.7. The number of aliphatic hydroxyl groups excluding tert-OH is 2. The van der Waals surface area contributed by atoms with Crippen molar-refractivity contribution < 1.29 is 34.4 Å². The number of carboxylic acids is 1. The van der Waals surface area contributed by atoms with Gasteiger partial charge in [0, 0.05) is 30.1 Å². The van der Waals surface area contributed by atoms with Gasteiger partial charge < -0.3 is 25.3 Å². The number of hydrogen-bond donors (Lipinski definition) is 4. The predicted octanol–water partition coefficient (Wildman–Crippen LogP) is 10.6. The molecule has 1 heterocycles. The Balaban J connectivity index is 0.000000189. The maximum atomic E-state index is 12.9. The number of benzene rings is 2. The van der Waals surface area contributed by atoms with Gasteiger partial charge in [0.1, 0.15) is 11.2 Å². The first-order chi connectivity index (χ1) is 28.0. The summed E-state index contributed by atoms with van der Waals surface area (Å²) in [6, 6.07) is 13.1. The quantitative estimate of drug-likeness (QED) is 0.162. The molecule has 9 unspecified atom stereocenters. The van der Waals surface area contributed by atoms with Gasteiger partial charge >= 0.3 is 5.97 Å². The molecule has 7 nitrogen and oxygen atoms in total. The number of nitrogens with zero attached hydrogens (tertiary/aromatic N) is 1. The zero-order valence-electron chi connectivity index (χ0n) is 37.2. The van der Waals surface area contributed by atoms with Gasteiger partial charge in [0.05, 0.1) is 17.8 Å². The number of carbonyl (C=O) groups excluding carboxylic acids is 1. The molecule has 4 N–H and O–H groups in total. The average Bonchev–Trinajstić information content (AvgIpc) is 3.18. The maximum Gasteiger partial charge on any atom is 0.312 e. The first kappa shape index (κ1) is 45.4. The van der Waals surface area contributed by atoms with E-state index in [-0.39, 0.29) is 50.7 Å². The molecule has 0 aromatic heterocycles. The van der Waals surface area contributed by atoms with Crippen LogP contribution in [0.2, 0.25) is 5.02 Å². The van der Waals surface area contributed by atoms with Crippen LogP contribution in [0, 0.1) is 56.1 Å². The third kappa shape index (κ3) is 7.64. The van der Waals surface area contributed by atoms with Crippen LogP contribution in [0.25, 0.3) is 0 Å². The van der Waals surface area contributed by atoms with Crippen LogP contribution < -0.4 is 0 Å². The summed E-state index contributed by atoms with van der Waals surface area (Å²) in [7, 11) is 0. The molecule has 9 heteroatoms. The Hall–Kier alpha value is -2.62. The van der Waals surface area contributed by atoms with Gasteiger partial charge in [0.2, 0.25) is 0 Å². The number of ketones is 1. The monoisotopic (exact) mass is 847 g/mol. The van der Waals surface area contributed by atoms with Crippen molar-refractivity contribution in [2.75, 3.05) is 19.6 Å². The van der Waals surface area contributed by atoms with Gasteiger partial charge in [0.15, 0.2) is 5.78 Å². The summed E-state index contributed by atoms with van der Waals surface area (Å²) in [6.45, 7) is 18.8. The van der Waals surface area contributed by atoms with E-state index in [2.05, 4.69) is 59.4 Å². The zero-order valence-corrected chi connectivity index (χ0v) is 38.0. The molecule has 2 aromatic carbocycles. The fourth-order valence-electron chi connectivity index (χ4n) is 14.2. The van der Waals surface area contributed by atoms with Crippen LogP contribution in [0.5, 0.6) is 0 Å². The Bertz CT molecular complexity index is 1940. The molecule has 0 bridgehead atoms. The van der Waals surface area contributed by atoms with Crippen LogP contribution in [0.15, 0.2) is 60.2 Å². The predicted molar refractivity (Wildman–Crippen MR) is 235 cm³/mol. The lowest BCUT2D eigenvalue weighted by atomic mass is 9.33. The third-order valence-corrected chi connectivity index (χ3v) is 18.4. The minimum atomic E-state index is -1.04. The van der Waals surface area contributed by atoms with E-state index in [1.165, 1.54) is 29.8 Å². The van der Waals surface area contributed by atoms with Crippen molar-refractivity contribution in [3.8, 4) is 0 Å². The minimum Gasteiger partial charge on any atom is -0.481 e. The van der Waals surface area contributed by atoms with Gasteiger partial charge in [-0.3, -0.25) is 9.59 Å². The molecular weight excluding hydrogens is 777 g/mol. The molecule has 330 valence electrons.